The van der Waals surface area contributed by atoms with Crippen LogP contribution in [0.4, 0.5) is 4.79 Å². The Hall–Kier alpha value is -3.31. The number of ether oxygens (including phenoxy) is 1. The van der Waals surface area contributed by atoms with E-state index >= 15 is 0 Å². The second-order valence-electron chi connectivity index (χ2n) is 11.3. The fourth-order valence-corrected chi connectivity index (χ4v) is 6.59. The number of terminal acetylenes is 1. The number of methoxy groups -OCH3 is 1. The van der Waals surface area contributed by atoms with E-state index in [1.165, 1.54) is 25.6 Å². The smallest absolute Gasteiger partial charge is 0.409 e. The van der Waals surface area contributed by atoms with Crippen molar-refractivity contribution in [2.45, 2.75) is 103 Å². The number of benzene rings is 1. The molecular weight excluding hydrogens is 502 g/mol. The van der Waals surface area contributed by atoms with Crippen molar-refractivity contribution in [3.63, 3.8) is 0 Å². The average Bonchev–Trinajstić information content (AvgIpc) is 3.48. The number of fused-ring (bicyclic) bond motifs is 1. The molecule has 0 spiro atoms. The van der Waals surface area contributed by atoms with Crippen LogP contribution in [0.2, 0.25) is 0 Å². The van der Waals surface area contributed by atoms with Crippen molar-refractivity contribution in [1.82, 2.24) is 24.7 Å². The molecule has 0 aliphatic carbocycles. The summed E-state index contributed by atoms with van der Waals surface area (Å²) in [7, 11) is 1.43. The molecule has 2 amide bonds. The van der Waals surface area contributed by atoms with Crippen molar-refractivity contribution in [2.75, 3.05) is 20.2 Å². The number of carbonyl (C=O) groups excluding carboxylic acids is 2. The molecule has 2 aromatic rings. The van der Waals surface area contributed by atoms with Gasteiger partial charge in [-0.15, -0.1) is 12.3 Å². The van der Waals surface area contributed by atoms with Gasteiger partial charge < -0.3 is 19.5 Å². The van der Waals surface area contributed by atoms with Crippen LogP contribution in [0.25, 0.3) is 0 Å². The highest BCUT2D eigenvalue weighted by molar-refractivity contribution is 5.76. The molecule has 8 nitrogen and oxygen atoms in total. The Balaban J connectivity index is 1.41. The van der Waals surface area contributed by atoms with Gasteiger partial charge in [0.2, 0.25) is 5.91 Å². The molecular formula is C32H45N5O3. The van der Waals surface area contributed by atoms with Crippen molar-refractivity contribution >= 4 is 12.0 Å². The minimum Gasteiger partial charge on any atom is -0.453 e. The van der Waals surface area contributed by atoms with Crippen LogP contribution in [-0.2, 0) is 22.5 Å². The summed E-state index contributed by atoms with van der Waals surface area (Å²) < 4.78 is 7.32. The van der Waals surface area contributed by atoms with Gasteiger partial charge in [0, 0.05) is 56.2 Å². The van der Waals surface area contributed by atoms with Gasteiger partial charge in [-0.1, -0.05) is 30.3 Å². The minimum absolute atomic E-state index is 0.0221. The van der Waals surface area contributed by atoms with Gasteiger partial charge in [0.1, 0.15) is 5.82 Å². The molecule has 2 aliphatic heterocycles. The molecule has 1 saturated heterocycles. The number of likely N-dealkylation sites (tertiary alicyclic amines) is 1. The standard InChI is InChI=1S/C32H45N5O3/c1-6-7-9-14-31(38)34-28(26-12-10-8-11-13-26)17-20-36-23(2)15-16-27(36)21-24(3)37-25(4)33-29-22-35(32(39)40-5)19-18-30(29)37/h1,8,10-13,23-24,27-28H,7,9,14-22H2,2-5H3,(H,34,38). The Kier molecular flexibility index (Phi) is 10.3. The van der Waals surface area contributed by atoms with E-state index in [0.29, 0.717) is 50.5 Å². The molecule has 2 aliphatic rings. The van der Waals surface area contributed by atoms with E-state index in [1.807, 2.05) is 18.2 Å². The molecule has 4 rings (SSSR count). The van der Waals surface area contributed by atoms with E-state index in [-0.39, 0.29) is 18.0 Å². The maximum atomic E-state index is 12.7. The number of nitrogens with one attached hydrogen (secondary N) is 1. The van der Waals surface area contributed by atoms with Crippen molar-refractivity contribution in [2.24, 2.45) is 0 Å². The van der Waals surface area contributed by atoms with Gasteiger partial charge in [-0.25, -0.2) is 9.78 Å². The van der Waals surface area contributed by atoms with Crippen LogP contribution in [0.3, 0.4) is 0 Å². The maximum absolute atomic E-state index is 12.7. The quantitative estimate of drug-likeness (QED) is 0.310. The van der Waals surface area contributed by atoms with Crippen molar-refractivity contribution in [3.05, 3.63) is 53.1 Å². The van der Waals surface area contributed by atoms with E-state index in [9.17, 15) is 9.59 Å². The van der Waals surface area contributed by atoms with E-state index in [2.05, 4.69) is 53.6 Å². The van der Waals surface area contributed by atoms with E-state index in [4.69, 9.17) is 16.1 Å². The van der Waals surface area contributed by atoms with Crippen LogP contribution in [0.15, 0.2) is 30.3 Å². The van der Waals surface area contributed by atoms with Gasteiger partial charge in [-0.3, -0.25) is 9.69 Å². The summed E-state index contributed by atoms with van der Waals surface area (Å²) >= 11 is 0. The largest absolute Gasteiger partial charge is 0.453 e. The third kappa shape index (κ3) is 7.06. The Morgan fingerprint density at radius 2 is 2.02 bits per heavy atom. The summed E-state index contributed by atoms with van der Waals surface area (Å²) in [6.07, 6.45) is 11.9. The number of hydrogen-bond donors (Lipinski definition) is 1. The minimum atomic E-state index is -0.293. The highest BCUT2D eigenvalue weighted by Gasteiger charge is 2.34. The number of carbonyl (C=O) groups is 2. The first kappa shape index (κ1) is 29.7. The van der Waals surface area contributed by atoms with Crippen LogP contribution < -0.4 is 5.32 Å². The van der Waals surface area contributed by atoms with Gasteiger partial charge in [-0.2, -0.15) is 0 Å². The Labute approximate surface area is 239 Å². The number of aryl methyl sites for hydroxylation is 1. The fraction of sp³-hybridized carbons (Fsp3) is 0.594. The number of amides is 2. The summed E-state index contributed by atoms with van der Waals surface area (Å²) in [4.78, 5) is 34.0. The SMILES string of the molecule is C#CCCCC(=O)NC(CCN1C(C)CCC1CC(C)n1c(C)nc2c1CCN(C(=O)OC)C2)c1ccccc1. The van der Waals surface area contributed by atoms with Gasteiger partial charge in [0.25, 0.3) is 0 Å². The van der Waals surface area contributed by atoms with Crippen molar-refractivity contribution < 1.29 is 14.3 Å². The topological polar surface area (TPSA) is 79.7 Å². The summed E-state index contributed by atoms with van der Waals surface area (Å²) in [5, 5.41) is 3.28. The van der Waals surface area contributed by atoms with Crippen LogP contribution in [0.1, 0.15) is 93.7 Å². The lowest BCUT2D eigenvalue weighted by Gasteiger charge is -2.33. The van der Waals surface area contributed by atoms with Crippen molar-refractivity contribution in [3.8, 4) is 12.3 Å². The molecule has 4 atom stereocenters. The molecule has 4 unspecified atom stereocenters. The molecule has 8 heteroatoms. The average molecular weight is 548 g/mol. The van der Waals surface area contributed by atoms with Gasteiger partial charge in [0.15, 0.2) is 0 Å². The van der Waals surface area contributed by atoms with Gasteiger partial charge in [-0.05, 0) is 58.4 Å². The number of hydrogen-bond acceptors (Lipinski definition) is 5. The van der Waals surface area contributed by atoms with E-state index in [1.54, 1.807) is 4.90 Å². The number of rotatable bonds is 11. The molecule has 3 heterocycles. The number of nitrogens with zero attached hydrogens (tertiary/aromatic N) is 4. The zero-order chi connectivity index (χ0) is 28.6. The third-order valence-corrected chi connectivity index (χ3v) is 8.61. The summed E-state index contributed by atoms with van der Waals surface area (Å²) in [5.41, 5.74) is 3.38. The van der Waals surface area contributed by atoms with Gasteiger partial charge >= 0.3 is 6.09 Å². The lowest BCUT2D eigenvalue weighted by atomic mass is 10.0. The molecule has 0 saturated carbocycles. The zero-order valence-corrected chi connectivity index (χ0v) is 24.6. The van der Waals surface area contributed by atoms with Gasteiger partial charge in [0.05, 0.1) is 25.4 Å². The molecule has 0 bridgehead atoms. The molecule has 40 heavy (non-hydrogen) atoms. The molecule has 1 N–H and O–H groups in total. The van der Waals surface area contributed by atoms with Crippen LogP contribution in [0, 0.1) is 19.3 Å². The summed E-state index contributed by atoms with van der Waals surface area (Å²) in [6.45, 7) is 8.78. The summed E-state index contributed by atoms with van der Waals surface area (Å²) in [6, 6.07) is 11.6. The van der Waals surface area contributed by atoms with Crippen molar-refractivity contribution in [1.29, 1.82) is 0 Å². The fourth-order valence-electron chi connectivity index (χ4n) is 6.59. The Morgan fingerprint density at radius 1 is 1.25 bits per heavy atom. The lowest BCUT2D eigenvalue weighted by Crippen LogP contribution is -2.39. The molecule has 1 fully saturated rings. The molecule has 0 radical (unpaired) electrons. The number of imidazole rings is 1. The van der Waals surface area contributed by atoms with Crippen LogP contribution in [0.5, 0.6) is 0 Å². The lowest BCUT2D eigenvalue weighted by molar-refractivity contribution is -0.122. The summed E-state index contributed by atoms with van der Waals surface area (Å²) in [5.74, 6) is 3.70. The monoisotopic (exact) mass is 547 g/mol. The molecule has 1 aromatic heterocycles. The zero-order valence-electron chi connectivity index (χ0n) is 24.6. The Morgan fingerprint density at radius 3 is 2.75 bits per heavy atom. The first-order valence-electron chi connectivity index (χ1n) is 14.7. The van der Waals surface area contributed by atoms with E-state index < -0.39 is 0 Å². The van der Waals surface area contributed by atoms with Crippen LogP contribution in [-0.4, -0.2) is 63.6 Å². The maximum Gasteiger partial charge on any atom is 0.409 e. The van der Waals surface area contributed by atoms with E-state index in [0.717, 1.165) is 42.9 Å². The predicted octanol–water partition coefficient (Wildman–Crippen LogP) is 5.17. The second kappa shape index (κ2) is 13.8. The molecule has 216 valence electrons. The normalized spacial score (nSPS) is 20.4. The first-order valence-corrected chi connectivity index (χ1v) is 14.7. The third-order valence-electron chi connectivity index (χ3n) is 8.61. The number of aromatic nitrogens is 2. The highest BCUT2D eigenvalue weighted by Crippen LogP contribution is 2.33. The predicted molar refractivity (Wildman–Crippen MR) is 157 cm³/mol. The first-order chi connectivity index (χ1) is 19.3. The second-order valence-corrected chi connectivity index (χ2v) is 11.3. The molecule has 1 aromatic carbocycles. The Bertz CT molecular complexity index is 1190. The van der Waals surface area contributed by atoms with Crippen LogP contribution >= 0.6 is 0 Å². The highest BCUT2D eigenvalue weighted by atomic mass is 16.5. The number of unbranched alkanes of at least 4 members (excludes halogenated alkanes) is 1.